The average molecular weight is 337 g/mol. The molecule has 0 saturated heterocycles. The summed E-state index contributed by atoms with van der Waals surface area (Å²) >= 11 is 0. The zero-order valence-corrected chi connectivity index (χ0v) is 15.4. The number of aryl methyl sites for hydroxylation is 1. The summed E-state index contributed by atoms with van der Waals surface area (Å²) in [6, 6.07) is 6.10. The van der Waals surface area contributed by atoms with Crippen LogP contribution in [0.1, 0.15) is 25.3 Å². The molecule has 0 heterocycles. The summed E-state index contributed by atoms with van der Waals surface area (Å²) in [5.74, 6) is 2.41. The van der Waals surface area contributed by atoms with E-state index in [4.69, 9.17) is 14.2 Å². The van der Waals surface area contributed by atoms with Crippen LogP contribution in [0.15, 0.2) is 23.2 Å². The number of nitrogens with one attached hydrogen (secondary N) is 2. The second-order valence-corrected chi connectivity index (χ2v) is 5.29. The van der Waals surface area contributed by atoms with Crippen LogP contribution in [-0.4, -0.2) is 53.5 Å². The lowest BCUT2D eigenvalue weighted by Gasteiger charge is -2.13. The molecule has 0 fully saturated rings. The van der Waals surface area contributed by atoms with E-state index < -0.39 is 0 Å². The molecule has 0 aliphatic rings. The predicted molar refractivity (Wildman–Crippen MR) is 98.3 cm³/mol. The van der Waals surface area contributed by atoms with Crippen LogP contribution >= 0.6 is 0 Å². The number of benzene rings is 1. The maximum atomic E-state index is 5.61. The van der Waals surface area contributed by atoms with Gasteiger partial charge in [-0.05, 0) is 43.9 Å². The van der Waals surface area contributed by atoms with Gasteiger partial charge in [-0.1, -0.05) is 6.07 Å². The number of aliphatic imine (C=N–C) groups is 1. The highest BCUT2D eigenvalue weighted by molar-refractivity contribution is 5.79. The number of hydrogen-bond acceptors (Lipinski definition) is 4. The minimum atomic E-state index is 0.631. The summed E-state index contributed by atoms with van der Waals surface area (Å²) in [6.07, 6.45) is 2.94. The average Bonchev–Trinajstić information content (AvgIpc) is 2.61. The molecule has 1 aromatic carbocycles. The van der Waals surface area contributed by atoms with Crippen molar-refractivity contribution in [2.75, 3.05) is 47.6 Å². The number of guanidine groups is 1. The number of ether oxygens (including phenoxy) is 3. The Morgan fingerprint density at radius 3 is 2.46 bits per heavy atom. The van der Waals surface area contributed by atoms with Crippen LogP contribution < -0.4 is 20.1 Å². The van der Waals surface area contributed by atoms with Gasteiger partial charge in [0.1, 0.15) is 0 Å². The second-order valence-electron chi connectivity index (χ2n) is 5.29. The molecule has 0 aromatic heterocycles. The van der Waals surface area contributed by atoms with E-state index in [2.05, 4.69) is 27.8 Å². The number of nitrogens with zero attached hydrogens (tertiary/aromatic N) is 1. The minimum Gasteiger partial charge on any atom is -0.493 e. The first kappa shape index (κ1) is 20.1. The topological polar surface area (TPSA) is 64.1 Å². The van der Waals surface area contributed by atoms with Crippen molar-refractivity contribution >= 4 is 5.96 Å². The highest BCUT2D eigenvalue weighted by Crippen LogP contribution is 2.28. The van der Waals surface area contributed by atoms with Gasteiger partial charge in [-0.3, -0.25) is 4.99 Å². The molecule has 6 nitrogen and oxygen atoms in total. The Bertz CT molecular complexity index is 492. The quantitative estimate of drug-likeness (QED) is 0.368. The monoisotopic (exact) mass is 337 g/mol. The van der Waals surface area contributed by atoms with Crippen LogP contribution in [0.4, 0.5) is 0 Å². The van der Waals surface area contributed by atoms with Gasteiger partial charge in [0, 0.05) is 33.9 Å². The van der Waals surface area contributed by atoms with E-state index in [1.165, 1.54) is 5.56 Å². The third-order valence-corrected chi connectivity index (χ3v) is 3.50. The Morgan fingerprint density at radius 2 is 1.83 bits per heavy atom. The fourth-order valence-corrected chi connectivity index (χ4v) is 2.29. The highest BCUT2D eigenvalue weighted by atomic mass is 16.5. The standard InChI is InChI=1S/C18H31N3O3/c1-5-24-17-14-15(9-10-16(17)23-4)8-6-11-20-18(19-2)21-12-7-13-22-3/h9-10,14H,5-8,11-13H2,1-4H3,(H2,19,20,21). The molecule has 1 aromatic rings. The molecule has 0 aliphatic heterocycles. The Balaban J connectivity index is 2.34. The van der Waals surface area contributed by atoms with Gasteiger partial charge in [-0.2, -0.15) is 0 Å². The smallest absolute Gasteiger partial charge is 0.190 e. The van der Waals surface area contributed by atoms with Crippen molar-refractivity contribution < 1.29 is 14.2 Å². The lowest BCUT2D eigenvalue weighted by atomic mass is 10.1. The van der Waals surface area contributed by atoms with Crippen LogP contribution in [0.5, 0.6) is 11.5 Å². The Labute approximate surface area is 145 Å². The van der Waals surface area contributed by atoms with Crippen molar-refractivity contribution in [3.63, 3.8) is 0 Å². The summed E-state index contributed by atoms with van der Waals surface area (Å²) in [6.45, 7) is 5.07. The van der Waals surface area contributed by atoms with Crippen LogP contribution in [-0.2, 0) is 11.2 Å². The lowest BCUT2D eigenvalue weighted by molar-refractivity contribution is 0.195. The molecule has 24 heavy (non-hydrogen) atoms. The summed E-state index contributed by atoms with van der Waals surface area (Å²) in [5.41, 5.74) is 1.24. The molecule has 0 bridgehead atoms. The third-order valence-electron chi connectivity index (χ3n) is 3.50. The van der Waals surface area contributed by atoms with E-state index in [9.17, 15) is 0 Å². The third kappa shape index (κ3) is 7.55. The maximum Gasteiger partial charge on any atom is 0.190 e. The van der Waals surface area contributed by atoms with E-state index in [-0.39, 0.29) is 0 Å². The van der Waals surface area contributed by atoms with Gasteiger partial charge in [0.25, 0.3) is 0 Å². The van der Waals surface area contributed by atoms with E-state index in [0.717, 1.165) is 56.4 Å². The van der Waals surface area contributed by atoms with Gasteiger partial charge >= 0.3 is 0 Å². The van der Waals surface area contributed by atoms with Gasteiger partial charge in [0.05, 0.1) is 13.7 Å². The Morgan fingerprint density at radius 1 is 1.08 bits per heavy atom. The second kappa shape index (κ2) is 12.5. The zero-order chi connectivity index (χ0) is 17.6. The maximum absolute atomic E-state index is 5.61. The van der Waals surface area contributed by atoms with E-state index in [0.29, 0.717) is 6.61 Å². The van der Waals surface area contributed by atoms with Gasteiger partial charge in [-0.15, -0.1) is 0 Å². The van der Waals surface area contributed by atoms with Crippen LogP contribution in [0.2, 0.25) is 0 Å². The van der Waals surface area contributed by atoms with Crippen molar-refractivity contribution in [3.8, 4) is 11.5 Å². The molecular formula is C18H31N3O3. The first-order valence-corrected chi connectivity index (χ1v) is 8.48. The van der Waals surface area contributed by atoms with E-state index in [1.54, 1.807) is 21.3 Å². The molecular weight excluding hydrogens is 306 g/mol. The summed E-state index contributed by atoms with van der Waals surface area (Å²) < 4.78 is 16.0. The normalized spacial score (nSPS) is 11.2. The van der Waals surface area contributed by atoms with Crippen molar-refractivity contribution in [3.05, 3.63) is 23.8 Å². The fraction of sp³-hybridized carbons (Fsp3) is 0.611. The molecule has 0 aliphatic carbocycles. The van der Waals surface area contributed by atoms with Gasteiger partial charge < -0.3 is 24.8 Å². The van der Waals surface area contributed by atoms with Gasteiger partial charge in [-0.25, -0.2) is 0 Å². The highest BCUT2D eigenvalue weighted by Gasteiger charge is 2.05. The number of rotatable bonds is 11. The van der Waals surface area contributed by atoms with Crippen molar-refractivity contribution in [2.45, 2.75) is 26.2 Å². The molecule has 1 rings (SSSR count). The minimum absolute atomic E-state index is 0.631. The number of hydrogen-bond donors (Lipinski definition) is 2. The summed E-state index contributed by atoms with van der Waals surface area (Å²) in [7, 11) is 5.15. The molecule has 0 saturated carbocycles. The summed E-state index contributed by atoms with van der Waals surface area (Å²) in [4.78, 5) is 4.21. The molecule has 0 unspecified atom stereocenters. The molecule has 136 valence electrons. The Kier molecular flexibility index (Phi) is 10.4. The van der Waals surface area contributed by atoms with E-state index in [1.807, 2.05) is 13.0 Å². The van der Waals surface area contributed by atoms with Crippen LogP contribution in [0, 0.1) is 0 Å². The van der Waals surface area contributed by atoms with E-state index >= 15 is 0 Å². The Hall–Kier alpha value is -1.95. The first-order valence-electron chi connectivity index (χ1n) is 8.48. The molecule has 0 atom stereocenters. The van der Waals surface area contributed by atoms with Crippen molar-refractivity contribution in [1.29, 1.82) is 0 Å². The molecule has 0 spiro atoms. The predicted octanol–water partition coefficient (Wildman–Crippen LogP) is 2.23. The lowest BCUT2D eigenvalue weighted by Crippen LogP contribution is -2.38. The zero-order valence-electron chi connectivity index (χ0n) is 15.4. The molecule has 0 amide bonds. The molecule has 6 heteroatoms. The van der Waals surface area contributed by atoms with Gasteiger partial charge in [0.15, 0.2) is 17.5 Å². The first-order chi connectivity index (χ1) is 11.7. The van der Waals surface area contributed by atoms with Crippen molar-refractivity contribution in [1.82, 2.24) is 10.6 Å². The summed E-state index contributed by atoms with van der Waals surface area (Å²) in [5, 5.41) is 6.59. The van der Waals surface area contributed by atoms with Gasteiger partial charge in [0.2, 0.25) is 0 Å². The largest absolute Gasteiger partial charge is 0.493 e. The number of methoxy groups -OCH3 is 2. The SMILES string of the molecule is CCOc1cc(CCCNC(=NC)NCCCOC)ccc1OC. The van der Waals surface area contributed by atoms with Crippen molar-refractivity contribution in [2.24, 2.45) is 4.99 Å². The van der Waals surface area contributed by atoms with Crippen LogP contribution in [0.3, 0.4) is 0 Å². The molecule has 2 N–H and O–H groups in total. The molecule has 0 radical (unpaired) electrons. The fourth-order valence-electron chi connectivity index (χ4n) is 2.29. The van der Waals surface area contributed by atoms with Crippen LogP contribution in [0.25, 0.3) is 0 Å².